The number of aliphatic carboxylic acids is 1. The molecule has 1 amide bonds. The molecule has 1 aliphatic rings. The minimum absolute atomic E-state index is 0.000953. The Balaban J connectivity index is 1.14. The number of benzene rings is 3. The molecule has 0 aliphatic heterocycles. The second kappa shape index (κ2) is 13.8. The Labute approximate surface area is 233 Å². The fourth-order valence-electron chi connectivity index (χ4n) is 4.53. The number of carbonyl (C=O) groups is 3. The summed E-state index contributed by atoms with van der Waals surface area (Å²) in [5, 5.41) is 12.6. The van der Waals surface area contributed by atoms with Gasteiger partial charge in [0.25, 0.3) is 5.91 Å². The highest BCUT2D eigenvalue weighted by atomic mass is 35.5. The highest BCUT2D eigenvalue weighted by Crippen LogP contribution is 2.28. The number of halogens is 1. The topological polar surface area (TPSA) is 102 Å². The smallest absolute Gasteiger partial charge is 0.306 e. The normalized spacial score (nSPS) is 16.7. The van der Waals surface area contributed by atoms with Crippen molar-refractivity contribution in [2.24, 2.45) is 5.92 Å². The molecular formula is C31H32ClNO6. The molecule has 0 bridgehead atoms. The van der Waals surface area contributed by atoms with Gasteiger partial charge >= 0.3 is 5.97 Å². The number of Topliss-reactive ketones (excluding diaryl/α,β-unsaturated/α-hetero) is 1. The molecular weight excluding hydrogens is 518 g/mol. The summed E-state index contributed by atoms with van der Waals surface area (Å²) in [6.07, 6.45) is 3.52. The van der Waals surface area contributed by atoms with Gasteiger partial charge in [-0.1, -0.05) is 23.7 Å². The van der Waals surface area contributed by atoms with Gasteiger partial charge in [0.2, 0.25) is 0 Å². The predicted molar refractivity (Wildman–Crippen MR) is 149 cm³/mol. The molecule has 1 fully saturated rings. The van der Waals surface area contributed by atoms with Crippen LogP contribution in [0.4, 0.5) is 0 Å². The molecule has 0 aromatic heterocycles. The van der Waals surface area contributed by atoms with Crippen molar-refractivity contribution in [1.82, 2.24) is 5.32 Å². The fourth-order valence-corrected chi connectivity index (χ4v) is 4.75. The van der Waals surface area contributed by atoms with E-state index >= 15 is 0 Å². The van der Waals surface area contributed by atoms with Gasteiger partial charge in [0.15, 0.2) is 5.78 Å². The largest absolute Gasteiger partial charge is 0.490 e. The van der Waals surface area contributed by atoms with Crippen molar-refractivity contribution >= 4 is 29.3 Å². The summed E-state index contributed by atoms with van der Waals surface area (Å²) in [7, 11) is 0. The third kappa shape index (κ3) is 8.58. The third-order valence-electron chi connectivity index (χ3n) is 6.78. The van der Waals surface area contributed by atoms with E-state index in [1.165, 1.54) is 0 Å². The number of amides is 1. The average Bonchev–Trinajstić information content (AvgIpc) is 2.95. The Kier molecular flexibility index (Phi) is 9.97. The van der Waals surface area contributed by atoms with Gasteiger partial charge < -0.3 is 19.9 Å². The lowest BCUT2D eigenvalue weighted by atomic mass is 9.87. The van der Waals surface area contributed by atoms with Crippen molar-refractivity contribution in [1.29, 1.82) is 0 Å². The molecule has 0 radical (unpaired) electrons. The molecule has 3 aromatic rings. The Morgan fingerprint density at radius 3 is 2.21 bits per heavy atom. The molecule has 3 aromatic carbocycles. The first-order chi connectivity index (χ1) is 18.9. The molecule has 39 heavy (non-hydrogen) atoms. The van der Waals surface area contributed by atoms with E-state index < -0.39 is 5.97 Å². The first-order valence-corrected chi connectivity index (χ1v) is 13.5. The van der Waals surface area contributed by atoms with Gasteiger partial charge in [-0.15, -0.1) is 0 Å². The molecule has 0 heterocycles. The zero-order valence-corrected chi connectivity index (χ0v) is 22.4. The molecule has 0 spiro atoms. The van der Waals surface area contributed by atoms with E-state index in [-0.39, 0.29) is 23.7 Å². The number of nitrogens with one attached hydrogen (secondary N) is 1. The van der Waals surface area contributed by atoms with Crippen molar-refractivity contribution in [2.75, 3.05) is 6.54 Å². The van der Waals surface area contributed by atoms with Crippen molar-refractivity contribution in [2.45, 2.75) is 51.2 Å². The van der Waals surface area contributed by atoms with Crippen LogP contribution >= 0.6 is 11.6 Å². The van der Waals surface area contributed by atoms with Crippen molar-refractivity contribution in [3.05, 3.63) is 94.5 Å². The second-order valence-electron chi connectivity index (χ2n) is 9.68. The van der Waals surface area contributed by atoms with Crippen molar-refractivity contribution in [3.8, 4) is 11.5 Å². The molecule has 0 atom stereocenters. The summed E-state index contributed by atoms with van der Waals surface area (Å²) in [6.45, 7) is 0.767. The van der Waals surface area contributed by atoms with Crippen molar-refractivity contribution in [3.63, 3.8) is 0 Å². The van der Waals surface area contributed by atoms with Crippen LogP contribution in [0.25, 0.3) is 0 Å². The standard InChI is InChI=1S/C31H32ClNO6/c32-25-4-1-3-21(19-25)20-38-26-12-8-23(9-13-26)30(35)33-18-2-5-29(34)22-6-14-27(15-7-22)39-28-16-10-24(11-17-28)31(36)37/h1,3-4,6-9,12-15,19,24,28H,2,5,10-11,16-18,20H2,(H,33,35)(H,36,37). The van der Waals surface area contributed by atoms with Crippen LogP contribution in [0.3, 0.4) is 0 Å². The van der Waals surface area contributed by atoms with Crippen LogP contribution in [0, 0.1) is 5.92 Å². The van der Waals surface area contributed by atoms with E-state index in [4.69, 9.17) is 26.2 Å². The average molecular weight is 550 g/mol. The summed E-state index contributed by atoms with van der Waals surface area (Å²) >= 11 is 5.99. The van der Waals surface area contributed by atoms with E-state index in [1.54, 1.807) is 48.5 Å². The number of ether oxygens (including phenoxy) is 2. The van der Waals surface area contributed by atoms with Crippen LogP contribution in [0.1, 0.15) is 64.8 Å². The summed E-state index contributed by atoms with van der Waals surface area (Å²) in [5.74, 6) is 0.113. The van der Waals surface area contributed by atoms with Gasteiger partial charge in [0, 0.05) is 29.1 Å². The van der Waals surface area contributed by atoms with Crippen LogP contribution in [-0.2, 0) is 11.4 Å². The molecule has 0 unspecified atom stereocenters. The maximum atomic E-state index is 12.6. The number of hydrogen-bond donors (Lipinski definition) is 2. The molecule has 1 aliphatic carbocycles. The zero-order valence-electron chi connectivity index (χ0n) is 21.6. The zero-order chi connectivity index (χ0) is 27.6. The van der Waals surface area contributed by atoms with Gasteiger partial charge in [0.1, 0.15) is 18.1 Å². The van der Waals surface area contributed by atoms with Gasteiger partial charge in [0.05, 0.1) is 12.0 Å². The van der Waals surface area contributed by atoms with Gasteiger partial charge in [-0.05, 0) is 98.3 Å². The number of rotatable bonds is 12. The predicted octanol–water partition coefficient (Wildman–Crippen LogP) is 6.33. The number of ketones is 1. The Morgan fingerprint density at radius 1 is 0.872 bits per heavy atom. The summed E-state index contributed by atoms with van der Waals surface area (Å²) in [4.78, 5) is 36.1. The lowest BCUT2D eigenvalue weighted by Crippen LogP contribution is -2.27. The molecule has 7 nitrogen and oxygen atoms in total. The monoisotopic (exact) mass is 549 g/mol. The molecule has 8 heteroatoms. The molecule has 204 valence electrons. The van der Waals surface area contributed by atoms with Crippen LogP contribution in [0.2, 0.25) is 5.02 Å². The SMILES string of the molecule is O=C(CCCNC(=O)c1ccc(OCc2cccc(Cl)c2)cc1)c1ccc(OC2CCC(C(=O)O)CC2)cc1. The first kappa shape index (κ1) is 28.2. The number of hydrogen-bond acceptors (Lipinski definition) is 5. The van der Waals surface area contributed by atoms with Crippen LogP contribution in [-0.4, -0.2) is 35.4 Å². The fraction of sp³-hybridized carbons (Fsp3) is 0.323. The molecule has 0 saturated heterocycles. The highest BCUT2D eigenvalue weighted by molar-refractivity contribution is 6.30. The van der Waals surface area contributed by atoms with E-state index in [1.807, 2.05) is 24.3 Å². The van der Waals surface area contributed by atoms with Crippen LogP contribution < -0.4 is 14.8 Å². The summed E-state index contributed by atoms with van der Waals surface area (Å²) in [6, 6.07) is 21.4. The minimum Gasteiger partial charge on any atom is -0.490 e. The van der Waals surface area contributed by atoms with Gasteiger partial charge in [-0.3, -0.25) is 14.4 Å². The second-order valence-corrected chi connectivity index (χ2v) is 10.1. The van der Waals surface area contributed by atoms with Crippen LogP contribution in [0.15, 0.2) is 72.8 Å². The minimum atomic E-state index is -0.735. The summed E-state index contributed by atoms with van der Waals surface area (Å²) in [5.41, 5.74) is 2.07. The van der Waals surface area contributed by atoms with E-state index in [0.29, 0.717) is 79.3 Å². The Morgan fingerprint density at radius 2 is 1.54 bits per heavy atom. The van der Waals surface area contributed by atoms with Crippen molar-refractivity contribution < 1.29 is 29.0 Å². The quantitative estimate of drug-likeness (QED) is 0.202. The third-order valence-corrected chi connectivity index (χ3v) is 7.01. The highest BCUT2D eigenvalue weighted by Gasteiger charge is 2.26. The molecule has 2 N–H and O–H groups in total. The number of carboxylic acid groups (broad SMARTS) is 1. The maximum Gasteiger partial charge on any atom is 0.306 e. The van der Waals surface area contributed by atoms with E-state index in [0.717, 1.165) is 5.56 Å². The molecule has 1 saturated carbocycles. The lowest BCUT2D eigenvalue weighted by molar-refractivity contribution is -0.143. The Hall–Kier alpha value is -3.84. The number of carbonyl (C=O) groups excluding carboxylic acids is 2. The first-order valence-electron chi connectivity index (χ1n) is 13.2. The van der Waals surface area contributed by atoms with E-state index in [2.05, 4.69) is 5.32 Å². The van der Waals surface area contributed by atoms with E-state index in [9.17, 15) is 14.4 Å². The maximum absolute atomic E-state index is 12.6. The van der Waals surface area contributed by atoms with Crippen LogP contribution in [0.5, 0.6) is 11.5 Å². The Bertz CT molecular complexity index is 1270. The summed E-state index contributed by atoms with van der Waals surface area (Å²) < 4.78 is 11.7. The van der Waals surface area contributed by atoms with Gasteiger partial charge in [-0.25, -0.2) is 0 Å². The number of carboxylic acids is 1. The lowest BCUT2D eigenvalue weighted by Gasteiger charge is -2.26. The van der Waals surface area contributed by atoms with Gasteiger partial charge in [-0.2, -0.15) is 0 Å². The molecule has 4 rings (SSSR count).